The molecule has 1 nitrogen and oxygen atoms in total. The van der Waals surface area contributed by atoms with E-state index >= 15 is 0 Å². The second kappa shape index (κ2) is 5.77. The van der Waals surface area contributed by atoms with Gasteiger partial charge in [-0.2, -0.15) is 0 Å². The van der Waals surface area contributed by atoms with Crippen molar-refractivity contribution in [1.29, 1.82) is 0 Å². The lowest BCUT2D eigenvalue weighted by Crippen LogP contribution is -1.92. The number of methoxy groups -OCH3 is 1. The molecule has 0 aromatic heterocycles. The molecule has 0 unspecified atom stereocenters. The molecular formula is C22H18O. The zero-order valence-corrected chi connectivity index (χ0v) is 13.1. The van der Waals surface area contributed by atoms with Crippen LogP contribution in [-0.2, 0) is 6.42 Å². The Morgan fingerprint density at radius 1 is 0.696 bits per heavy atom. The first-order valence-corrected chi connectivity index (χ1v) is 7.87. The van der Waals surface area contributed by atoms with Gasteiger partial charge in [0.25, 0.3) is 0 Å². The maximum atomic E-state index is 5.44. The zero-order chi connectivity index (χ0) is 15.6. The Balaban J connectivity index is 1.99. The molecule has 112 valence electrons. The molecule has 0 radical (unpaired) electrons. The third-order valence-electron chi connectivity index (χ3n) is 4.39. The third kappa shape index (κ3) is 2.55. The number of benzene rings is 4. The summed E-state index contributed by atoms with van der Waals surface area (Å²) in [4.78, 5) is 0. The molecule has 0 saturated carbocycles. The zero-order valence-electron chi connectivity index (χ0n) is 13.1. The molecule has 4 aromatic carbocycles. The summed E-state index contributed by atoms with van der Waals surface area (Å²) < 4.78 is 5.44. The fourth-order valence-electron chi connectivity index (χ4n) is 3.25. The Morgan fingerprint density at radius 2 is 1.48 bits per heavy atom. The van der Waals surface area contributed by atoms with E-state index in [1.807, 2.05) is 6.07 Å². The second-order valence-electron chi connectivity index (χ2n) is 5.83. The lowest BCUT2D eigenvalue weighted by molar-refractivity contribution is 0.415. The van der Waals surface area contributed by atoms with Crippen molar-refractivity contribution >= 4 is 21.5 Å². The van der Waals surface area contributed by atoms with E-state index in [1.54, 1.807) is 7.11 Å². The molecule has 0 amide bonds. The van der Waals surface area contributed by atoms with Gasteiger partial charge in [0.1, 0.15) is 5.75 Å². The fourth-order valence-corrected chi connectivity index (χ4v) is 3.25. The van der Waals surface area contributed by atoms with Crippen LogP contribution in [0.1, 0.15) is 11.1 Å². The van der Waals surface area contributed by atoms with Gasteiger partial charge in [-0.05, 0) is 51.2 Å². The normalized spacial score (nSPS) is 11.0. The average molecular weight is 298 g/mol. The van der Waals surface area contributed by atoms with Crippen molar-refractivity contribution in [3.8, 4) is 5.75 Å². The summed E-state index contributed by atoms with van der Waals surface area (Å²) in [6, 6.07) is 27.9. The van der Waals surface area contributed by atoms with Gasteiger partial charge >= 0.3 is 0 Å². The standard InChI is InChI=1S/C22H18O/c1-23-19-11-12-21-20-10-6-5-9-17(20)14-18(22(21)15-19)13-16-7-3-2-4-8-16/h2-12,14-15H,13H2,1H3. The minimum Gasteiger partial charge on any atom is -0.497 e. The summed E-state index contributed by atoms with van der Waals surface area (Å²) in [6.45, 7) is 0. The predicted octanol–water partition coefficient (Wildman–Crippen LogP) is 5.59. The molecule has 0 spiro atoms. The van der Waals surface area contributed by atoms with Gasteiger partial charge in [-0.25, -0.2) is 0 Å². The Labute approximate surface area is 136 Å². The van der Waals surface area contributed by atoms with E-state index in [9.17, 15) is 0 Å². The molecule has 0 aliphatic carbocycles. The number of rotatable bonds is 3. The monoisotopic (exact) mass is 298 g/mol. The van der Waals surface area contributed by atoms with E-state index in [4.69, 9.17) is 4.74 Å². The topological polar surface area (TPSA) is 9.23 Å². The number of hydrogen-bond donors (Lipinski definition) is 0. The van der Waals surface area contributed by atoms with Gasteiger partial charge in [-0.15, -0.1) is 0 Å². The third-order valence-corrected chi connectivity index (χ3v) is 4.39. The van der Waals surface area contributed by atoms with E-state index in [0.29, 0.717) is 0 Å². The van der Waals surface area contributed by atoms with Crippen molar-refractivity contribution < 1.29 is 4.74 Å². The highest BCUT2D eigenvalue weighted by Crippen LogP contribution is 2.32. The number of fused-ring (bicyclic) bond motifs is 3. The van der Waals surface area contributed by atoms with Gasteiger partial charge in [0.2, 0.25) is 0 Å². The molecule has 0 N–H and O–H groups in total. The summed E-state index contributed by atoms with van der Waals surface area (Å²) in [5, 5.41) is 5.14. The SMILES string of the molecule is COc1ccc2c(c1)c(Cc1ccccc1)cc1ccccc12. The van der Waals surface area contributed by atoms with E-state index in [-0.39, 0.29) is 0 Å². The van der Waals surface area contributed by atoms with E-state index in [1.165, 1.54) is 32.7 Å². The van der Waals surface area contributed by atoms with Crippen molar-refractivity contribution in [2.75, 3.05) is 7.11 Å². The van der Waals surface area contributed by atoms with Gasteiger partial charge in [0.05, 0.1) is 7.11 Å². The first-order valence-electron chi connectivity index (χ1n) is 7.87. The molecule has 0 atom stereocenters. The Hall–Kier alpha value is -2.80. The molecule has 0 aliphatic rings. The summed E-state index contributed by atoms with van der Waals surface area (Å²) in [5.74, 6) is 0.905. The van der Waals surface area contributed by atoms with Crippen LogP contribution in [0.3, 0.4) is 0 Å². The van der Waals surface area contributed by atoms with Crippen LogP contribution in [0.4, 0.5) is 0 Å². The van der Waals surface area contributed by atoms with E-state index in [0.717, 1.165) is 12.2 Å². The van der Waals surface area contributed by atoms with Crippen molar-refractivity contribution in [3.05, 3.63) is 90.0 Å². The molecule has 0 aliphatic heterocycles. The van der Waals surface area contributed by atoms with Crippen molar-refractivity contribution in [3.63, 3.8) is 0 Å². The number of hydrogen-bond acceptors (Lipinski definition) is 1. The summed E-state index contributed by atoms with van der Waals surface area (Å²) in [5.41, 5.74) is 2.66. The molecule has 0 saturated heterocycles. The van der Waals surface area contributed by atoms with Crippen LogP contribution < -0.4 is 4.74 Å². The predicted molar refractivity (Wildman–Crippen MR) is 97.3 cm³/mol. The van der Waals surface area contributed by atoms with Crippen LogP contribution in [-0.4, -0.2) is 7.11 Å². The molecular weight excluding hydrogens is 280 g/mol. The Bertz CT molecular complexity index is 971. The van der Waals surface area contributed by atoms with Crippen LogP contribution in [0.15, 0.2) is 78.9 Å². The lowest BCUT2D eigenvalue weighted by atomic mass is 9.93. The molecule has 0 bridgehead atoms. The Kier molecular flexibility index (Phi) is 3.47. The van der Waals surface area contributed by atoms with Crippen molar-refractivity contribution in [2.45, 2.75) is 6.42 Å². The van der Waals surface area contributed by atoms with Gasteiger partial charge < -0.3 is 4.74 Å². The van der Waals surface area contributed by atoms with Gasteiger partial charge in [0.15, 0.2) is 0 Å². The maximum absolute atomic E-state index is 5.44. The van der Waals surface area contributed by atoms with Gasteiger partial charge in [-0.3, -0.25) is 0 Å². The molecule has 4 rings (SSSR count). The van der Waals surface area contributed by atoms with Gasteiger partial charge in [0, 0.05) is 0 Å². The largest absolute Gasteiger partial charge is 0.497 e. The first kappa shape index (κ1) is 13.8. The average Bonchev–Trinajstić information content (AvgIpc) is 2.62. The number of ether oxygens (including phenoxy) is 1. The van der Waals surface area contributed by atoms with Crippen LogP contribution in [0.25, 0.3) is 21.5 Å². The minimum absolute atomic E-state index is 0.905. The smallest absolute Gasteiger partial charge is 0.119 e. The molecule has 0 heterocycles. The Morgan fingerprint density at radius 3 is 2.30 bits per heavy atom. The van der Waals surface area contributed by atoms with Crippen LogP contribution in [0, 0.1) is 0 Å². The fraction of sp³-hybridized carbons (Fsp3) is 0.0909. The minimum atomic E-state index is 0.905. The molecule has 0 fully saturated rings. The highest BCUT2D eigenvalue weighted by atomic mass is 16.5. The van der Waals surface area contributed by atoms with Crippen LogP contribution in [0.2, 0.25) is 0 Å². The van der Waals surface area contributed by atoms with E-state index < -0.39 is 0 Å². The quantitative estimate of drug-likeness (QED) is 0.448. The molecule has 1 heteroatoms. The van der Waals surface area contributed by atoms with E-state index in [2.05, 4.69) is 72.8 Å². The van der Waals surface area contributed by atoms with Crippen LogP contribution >= 0.6 is 0 Å². The molecule has 4 aromatic rings. The molecule has 23 heavy (non-hydrogen) atoms. The maximum Gasteiger partial charge on any atom is 0.119 e. The summed E-state index contributed by atoms with van der Waals surface area (Å²) >= 11 is 0. The summed E-state index contributed by atoms with van der Waals surface area (Å²) in [6.07, 6.45) is 0.926. The first-order chi connectivity index (χ1) is 11.3. The lowest BCUT2D eigenvalue weighted by Gasteiger charge is -2.12. The highest BCUT2D eigenvalue weighted by Gasteiger charge is 2.08. The summed E-state index contributed by atoms with van der Waals surface area (Å²) in [7, 11) is 1.72. The van der Waals surface area contributed by atoms with Crippen molar-refractivity contribution in [2.24, 2.45) is 0 Å². The van der Waals surface area contributed by atoms with Crippen molar-refractivity contribution in [1.82, 2.24) is 0 Å². The second-order valence-corrected chi connectivity index (χ2v) is 5.83. The van der Waals surface area contributed by atoms with Gasteiger partial charge in [-0.1, -0.05) is 66.7 Å². The van der Waals surface area contributed by atoms with Crippen LogP contribution in [0.5, 0.6) is 5.75 Å². The highest BCUT2D eigenvalue weighted by molar-refractivity contribution is 6.09.